The molecule has 26 heavy (non-hydrogen) atoms. The number of carbonyl (C=O) groups excluding carboxylic acids is 1. The Hall–Kier alpha value is -2.06. The van der Waals surface area contributed by atoms with E-state index in [1.807, 2.05) is 6.92 Å². The number of anilines is 1. The summed E-state index contributed by atoms with van der Waals surface area (Å²) in [5, 5.41) is 0. The molecule has 1 amide bonds. The molecule has 0 spiro atoms. The SMILES string of the molecule is CCOC(=O)N1CCN(c2nc3c(c(C(F)(F)F)n2)C[C@H](C)CC3)CC1. The maximum atomic E-state index is 13.5. The Labute approximate surface area is 150 Å². The highest BCUT2D eigenvalue weighted by molar-refractivity contribution is 5.68. The van der Waals surface area contributed by atoms with Crippen molar-refractivity contribution in [2.24, 2.45) is 5.92 Å². The van der Waals surface area contributed by atoms with Crippen molar-refractivity contribution in [2.75, 3.05) is 37.7 Å². The number of hydrogen-bond acceptors (Lipinski definition) is 5. The number of alkyl halides is 3. The number of nitrogens with zero attached hydrogens (tertiary/aromatic N) is 4. The fourth-order valence-corrected chi connectivity index (χ4v) is 3.45. The van der Waals surface area contributed by atoms with E-state index in [1.165, 1.54) is 0 Å². The van der Waals surface area contributed by atoms with E-state index in [0.717, 1.165) is 6.42 Å². The molecule has 2 aliphatic rings. The number of hydrogen-bond donors (Lipinski definition) is 0. The Morgan fingerprint density at radius 1 is 1.23 bits per heavy atom. The van der Waals surface area contributed by atoms with Crippen molar-refractivity contribution in [3.63, 3.8) is 0 Å². The number of halogens is 3. The zero-order valence-electron chi connectivity index (χ0n) is 15.0. The highest BCUT2D eigenvalue weighted by atomic mass is 19.4. The summed E-state index contributed by atoms with van der Waals surface area (Å²) in [5.74, 6) is 0.306. The fourth-order valence-electron chi connectivity index (χ4n) is 3.45. The Kier molecular flexibility index (Phi) is 5.24. The predicted octanol–water partition coefficient (Wildman–Crippen LogP) is 2.90. The van der Waals surface area contributed by atoms with Crippen LogP contribution >= 0.6 is 0 Å². The maximum Gasteiger partial charge on any atom is 0.433 e. The van der Waals surface area contributed by atoms with Crippen molar-refractivity contribution in [1.29, 1.82) is 0 Å². The van der Waals surface area contributed by atoms with Gasteiger partial charge in [0, 0.05) is 37.4 Å². The van der Waals surface area contributed by atoms with Gasteiger partial charge < -0.3 is 14.5 Å². The largest absolute Gasteiger partial charge is 0.450 e. The van der Waals surface area contributed by atoms with Crippen molar-refractivity contribution < 1.29 is 22.7 Å². The smallest absolute Gasteiger partial charge is 0.433 e. The molecule has 0 aromatic carbocycles. The van der Waals surface area contributed by atoms with Crippen LogP contribution in [-0.2, 0) is 23.8 Å². The predicted molar refractivity (Wildman–Crippen MR) is 89.0 cm³/mol. The van der Waals surface area contributed by atoms with Gasteiger partial charge in [-0.2, -0.15) is 13.2 Å². The summed E-state index contributed by atoms with van der Waals surface area (Å²) in [6, 6.07) is 0. The molecule has 0 radical (unpaired) electrons. The Morgan fingerprint density at radius 3 is 2.54 bits per heavy atom. The standard InChI is InChI=1S/C17H23F3N4O2/c1-3-26-16(25)24-8-6-23(7-9-24)15-21-13-5-4-11(2)10-12(13)14(22-15)17(18,19)20/h11H,3-10H2,1-2H3/t11-/m1/s1. The van der Waals surface area contributed by atoms with Crippen LogP contribution in [0.15, 0.2) is 0 Å². The Morgan fingerprint density at radius 2 is 1.92 bits per heavy atom. The zero-order valence-corrected chi connectivity index (χ0v) is 15.0. The lowest BCUT2D eigenvalue weighted by Crippen LogP contribution is -2.49. The molecule has 1 atom stereocenters. The van der Waals surface area contributed by atoms with Gasteiger partial charge in [-0.05, 0) is 32.1 Å². The van der Waals surface area contributed by atoms with E-state index < -0.39 is 18.0 Å². The molecule has 144 valence electrons. The minimum Gasteiger partial charge on any atom is -0.450 e. The molecule has 0 saturated carbocycles. The number of amides is 1. The number of piperazine rings is 1. The molecule has 6 nitrogen and oxygen atoms in total. The third-order valence-corrected chi connectivity index (χ3v) is 4.86. The van der Waals surface area contributed by atoms with Gasteiger partial charge in [-0.25, -0.2) is 14.8 Å². The minimum atomic E-state index is -4.49. The Balaban J connectivity index is 1.82. The first-order valence-electron chi connectivity index (χ1n) is 8.93. The van der Waals surface area contributed by atoms with Gasteiger partial charge in [0.2, 0.25) is 5.95 Å². The monoisotopic (exact) mass is 372 g/mol. The minimum absolute atomic E-state index is 0.106. The van der Waals surface area contributed by atoms with Crippen LogP contribution in [0.3, 0.4) is 0 Å². The summed E-state index contributed by atoms with van der Waals surface area (Å²) in [6.45, 7) is 5.48. The normalized spacial score (nSPS) is 20.7. The molecule has 9 heteroatoms. The summed E-state index contributed by atoms with van der Waals surface area (Å²) in [7, 11) is 0. The van der Waals surface area contributed by atoms with Crippen LogP contribution in [0, 0.1) is 5.92 Å². The molecule has 0 unspecified atom stereocenters. The van der Waals surface area contributed by atoms with Gasteiger partial charge in [0.05, 0.1) is 6.61 Å². The summed E-state index contributed by atoms with van der Waals surface area (Å²) in [4.78, 5) is 23.3. The molecule has 1 aromatic rings. The van der Waals surface area contributed by atoms with Crippen LogP contribution in [0.25, 0.3) is 0 Å². The van der Waals surface area contributed by atoms with Gasteiger partial charge >= 0.3 is 12.3 Å². The third-order valence-electron chi connectivity index (χ3n) is 4.86. The summed E-state index contributed by atoms with van der Waals surface area (Å²) in [5.41, 5.74) is -0.0599. The first kappa shape index (κ1) is 18.7. The van der Waals surface area contributed by atoms with Crippen LogP contribution in [0.5, 0.6) is 0 Å². The van der Waals surface area contributed by atoms with Gasteiger partial charge in [0.25, 0.3) is 0 Å². The van der Waals surface area contributed by atoms with Crippen LogP contribution in [0.2, 0.25) is 0 Å². The topological polar surface area (TPSA) is 58.6 Å². The molecular weight excluding hydrogens is 349 g/mol. The van der Waals surface area contributed by atoms with Crippen LogP contribution < -0.4 is 4.90 Å². The van der Waals surface area contributed by atoms with Crippen LogP contribution in [0.1, 0.15) is 37.2 Å². The molecule has 3 rings (SSSR count). The molecule has 0 bridgehead atoms. The second-order valence-electron chi connectivity index (χ2n) is 6.82. The van der Waals surface area contributed by atoms with Gasteiger partial charge in [-0.15, -0.1) is 0 Å². The number of ether oxygens (including phenoxy) is 1. The zero-order chi connectivity index (χ0) is 18.9. The second kappa shape index (κ2) is 7.28. The summed E-state index contributed by atoms with van der Waals surface area (Å²) in [6.07, 6.45) is -3.16. The van der Waals surface area contributed by atoms with Gasteiger partial charge in [-0.3, -0.25) is 0 Å². The van der Waals surface area contributed by atoms with E-state index in [0.29, 0.717) is 51.3 Å². The lowest BCUT2D eigenvalue weighted by Gasteiger charge is -2.35. The molecule has 0 N–H and O–H groups in total. The van der Waals surface area contributed by atoms with E-state index in [2.05, 4.69) is 9.97 Å². The lowest BCUT2D eigenvalue weighted by molar-refractivity contribution is -0.142. The van der Waals surface area contributed by atoms with Crippen molar-refractivity contribution in [3.8, 4) is 0 Å². The average Bonchev–Trinajstić information content (AvgIpc) is 2.60. The number of rotatable bonds is 2. The van der Waals surface area contributed by atoms with Crippen molar-refractivity contribution in [1.82, 2.24) is 14.9 Å². The lowest BCUT2D eigenvalue weighted by atomic mass is 9.87. The molecule has 1 saturated heterocycles. The first-order valence-corrected chi connectivity index (χ1v) is 8.93. The molecule has 2 heterocycles. The third kappa shape index (κ3) is 3.86. The van der Waals surface area contributed by atoms with Gasteiger partial charge in [0.1, 0.15) is 0 Å². The van der Waals surface area contributed by atoms with E-state index in [9.17, 15) is 18.0 Å². The quantitative estimate of drug-likeness (QED) is 0.799. The van der Waals surface area contributed by atoms with Crippen molar-refractivity contribution in [3.05, 3.63) is 17.0 Å². The highest BCUT2D eigenvalue weighted by Crippen LogP contribution is 2.37. The summed E-state index contributed by atoms with van der Waals surface area (Å²) < 4.78 is 45.5. The number of aryl methyl sites for hydroxylation is 1. The molecule has 1 aliphatic carbocycles. The van der Waals surface area contributed by atoms with E-state index in [4.69, 9.17) is 4.74 Å². The van der Waals surface area contributed by atoms with Crippen LogP contribution in [-0.4, -0.2) is 53.7 Å². The number of aromatic nitrogens is 2. The highest BCUT2D eigenvalue weighted by Gasteiger charge is 2.39. The average molecular weight is 372 g/mol. The molecule has 1 aromatic heterocycles. The van der Waals surface area contributed by atoms with E-state index >= 15 is 0 Å². The van der Waals surface area contributed by atoms with E-state index in [-0.39, 0.29) is 17.4 Å². The Bertz CT molecular complexity index is 673. The van der Waals surface area contributed by atoms with Crippen molar-refractivity contribution >= 4 is 12.0 Å². The molecular formula is C17H23F3N4O2. The van der Waals surface area contributed by atoms with Gasteiger partial charge in [0.15, 0.2) is 5.69 Å². The second-order valence-corrected chi connectivity index (χ2v) is 6.82. The molecule has 1 aliphatic heterocycles. The molecule has 1 fully saturated rings. The number of carbonyl (C=O) groups is 1. The fraction of sp³-hybridized carbons (Fsp3) is 0.706. The van der Waals surface area contributed by atoms with Gasteiger partial charge in [-0.1, -0.05) is 6.92 Å². The van der Waals surface area contributed by atoms with Crippen molar-refractivity contribution in [2.45, 2.75) is 39.3 Å². The number of fused-ring (bicyclic) bond motifs is 1. The van der Waals surface area contributed by atoms with Crippen LogP contribution in [0.4, 0.5) is 23.9 Å². The van der Waals surface area contributed by atoms with E-state index in [1.54, 1.807) is 16.7 Å². The maximum absolute atomic E-state index is 13.5. The summed E-state index contributed by atoms with van der Waals surface area (Å²) >= 11 is 0. The first-order chi connectivity index (χ1) is 12.3.